The third-order valence-corrected chi connectivity index (χ3v) is 3.44. The molecule has 0 aliphatic carbocycles. The topological polar surface area (TPSA) is 3.24 Å². The summed E-state index contributed by atoms with van der Waals surface area (Å²) >= 11 is 0. The summed E-state index contributed by atoms with van der Waals surface area (Å²) in [5.74, 6) is 0.818. The molecule has 14 heavy (non-hydrogen) atoms. The van der Waals surface area contributed by atoms with Gasteiger partial charge in [0.1, 0.15) is 0 Å². The predicted octanol–water partition coefficient (Wildman–Crippen LogP) is 3.93. The molecule has 0 amide bonds. The number of nitrogens with zero attached hydrogens (tertiary/aromatic N) is 1. The van der Waals surface area contributed by atoms with Crippen molar-refractivity contribution in [3.63, 3.8) is 0 Å². The first-order valence-electron chi connectivity index (χ1n) is 5.85. The number of hydrogen-bond acceptors (Lipinski definition) is 1. The van der Waals surface area contributed by atoms with Gasteiger partial charge in [-0.3, -0.25) is 4.90 Å². The standard InChI is InChI=1S/C12H25N.CH4/c1-6-11-7-8-12(9(2)3)13(11)10(4)5;/h9-12H,6-8H2,1-5H3;1H4/t11?,12-;/m0./s1. The van der Waals surface area contributed by atoms with E-state index in [1.165, 1.54) is 19.3 Å². The summed E-state index contributed by atoms with van der Waals surface area (Å²) in [6, 6.07) is 2.41. The van der Waals surface area contributed by atoms with Crippen LogP contribution in [-0.2, 0) is 0 Å². The van der Waals surface area contributed by atoms with E-state index in [0.29, 0.717) is 0 Å². The summed E-state index contributed by atoms with van der Waals surface area (Å²) in [5, 5.41) is 0. The molecule has 1 fully saturated rings. The number of likely N-dealkylation sites (tertiary alicyclic amines) is 1. The zero-order chi connectivity index (χ0) is 10.0. The van der Waals surface area contributed by atoms with Gasteiger partial charge in [-0.05, 0) is 39.0 Å². The van der Waals surface area contributed by atoms with Gasteiger partial charge in [0.2, 0.25) is 0 Å². The van der Waals surface area contributed by atoms with Crippen molar-refractivity contribution in [2.24, 2.45) is 5.92 Å². The second-order valence-corrected chi connectivity index (χ2v) is 4.99. The first kappa shape index (κ1) is 14.0. The van der Waals surface area contributed by atoms with E-state index < -0.39 is 0 Å². The van der Waals surface area contributed by atoms with Crippen molar-refractivity contribution in [1.29, 1.82) is 0 Å². The SMILES string of the molecule is C.CCC1CC[C@@H](C(C)C)N1C(C)C. The highest BCUT2D eigenvalue weighted by atomic mass is 15.2. The number of rotatable bonds is 3. The Morgan fingerprint density at radius 2 is 1.71 bits per heavy atom. The molecule has 1 rings (SSSR count). The molecule has 1 saturated heterocycles. The van der Waals surface area contributed by atoms with Crippen LogP contribution in [0.2, 0.25) is 0 Å². The summed E-state index contributed by atoms with van der Waals surface area (Å²) in [7, 11) is 0. The fourth-order valence-electron chi connectivity index (χ4n) is 2.83. The quantitative estimate of drug-likeness (QED) is 0.665. The highest BCUT2D eigenvalue weighted by Crippen LogP contribution is 2.32. The van der Waals surface area contributed by atoms with Crippen LogP contribution in [0.15, 0.2) is 0 Å². The molecule has 0 aromatic rings. The van der Waals surface area contributed by atoms with Gasteiger partial charge in [0, 0.05) is 18.1 Å². The van der Waals surface area contributed by atoms with E-state index in [1.54, 1.807) is 0 Å². The Balaban J connectivity index is 0.00000169. The van der Waals surface area contributed by atoms with Gasteiger partial charge in [-0.1, -0.05) is 28.2 Å². The third kappa shape index (κ3) is 2.73. The third-order valence-electron chi connectivity index (χ3n) is 3.44. The second-order valence-electron chi connectivity index (χ2n) is 4.99. The summed E-state index contributed by atoms with van der Waals surface area (Å²) in [6.45, 7) is 11.7. The molecule has 1 aliphatic rings. The van der Waals surface area contributed by atoms with E-state index in [-0.39, 0.29) is 7.43 Å². The van der Waals surface area contributed by atoms with Crippen molar-refractivity contribution in [3.05, 3.63) is 0 Å². The molecule has 1 nitrogen and oxygen atoms in total. The van der Waals surface area contributed by atoms with Gasteiger partial charge >= 0.3 is 0 Å². The summed E-state index contributed by atoms with van der Waals surface area (Å²) in [6.07, 6.45) is 4.15. The Labute approximate surface area is 90.9 Å². The van der Waals surface area contributed by atoms with E-state index in [1.807, 2.05) is 0 Å². The van der Waals surface area contributed by atoms with E-state index >= 15 is 0 Å². The van der Waals surface area contributed by atoms with Crippen LogP contribution >= 0.6 is 0 Å². The fourth-order valence-corrected chi connectivity index (χ4v) is 2.83. The van der Waals surface area contributed by atoms with Crippen molar-refractivity contribution in [3.8, 4) is 0 Å². The highest BCUT2D eigenvalue weighted by Gasteiger charge is 2.35. The van der Waals surface area contributed by atoms with E-state index in [9.17, 15) is 0 Å². The van der Waals surface area contributed by atoms with Gasteiger partial charge in [0.15, 0.2) is 0 Å². The smallest absolute Gasteiger partial charge is 0.0124 e. The van der Waals surface area contributed by atoms with Crippen molar-refractivity contribution in [1.82, 2.24) is 4.90 Å². The lowest BCUT2D eigenvalue weighted by Gasteiger charge is -2.35. The molecule has 0 aromatic carbocycles. The van der Waals surface area contributed by atoms with Crippen molar-refractivity contribution >= 4 is 0 Å². The molecule has 86 valence electrons. The maximum absolute atomic E-state index is 2.74. The molecule has 2 atom stereocenters. The summed E-state index contributed by atoms with van der Waals surface area (Å²) in [4.78, 5) is 2.74. The van der Waals surface area contributed by atoms with Gasteiger partial charge in [-0.25, -0.2) is 0 Å². The lowest BCUT2D eigenvalue weighted by atomic mass is 10.0. The highest BCUT2D eigenvalue weighted by molar-refractivity contribution is 4.90. The van der Waals surface area contributed by atoms with Crippen molar-refractivity contribution in [2.75, 3.05) is 0 Å². The minimum absolute atomic E-state index is 0. The average molecular weight is 199 g/mol. The molecule has 0 bridgehead atoms. The normalized spacial score (nSPS) is 28.5. The largest absolute Gasteiger partial charge is 0.295 e. The summed E-state index contributed by atoms with van der Waals surface area (Å²) in [5.41, 5.74) is 0. The van der Waals surface area contributed by atoms with Crippen LogP contribution in [0.5, 0.6) is 0 Å². The lowest BCUT2D eigenvalue weighted by molar-refractivity contribution is 0.117. The Morgan fingerprint density at radius 3 is 2.07 bits per heavy atom. The van der Waals surface area contributed by atoms with Crippen LogP contribution in [-0.4, -0.2) is 23.0 Å². The predicted molar refractivity (Wildman–Crippen MR) is 65.6 cm³/mol. The van der Waals surface area contributed by atoms with Crippen molar-refractivity contribution < 1.29 is 0 Å². The van der Waals surface area contributed by atoms with Crippen LogP contribution in [0.1, 0.15) is 61.3 Å². The van der Waals surface area contributed by atoms with Gasteiger partial charge in [0.25, 0.3) is 0 Å². The van der Waals surface area contributed by atoms with Gasteiger partial charge in [-0.15, -0.1) is 0 Å². The van der Waals surface area contributed by atoms with Crippen LogP contribution in [0.3, 0.4) is 0 Å². The van der Waals surface area contributed by atoms with Crippen molar-refractivity contribution in [2.45, 2.75) is 79.4 Å². The average Bonchev–Trinajstić information content (AvgIpc) is 2.46. The van der Waals surface area contributed by atoms with E-state index in [2.05, 4.69) is 39.5 Å². The molecule has 0 spiro atoms. The summed E-state index contributed by atoms with van der Waals surface area (Å²) < 4.78 is 0. The first-order chi connectivity index (χ1) is 6.07. The monoisotopic (exact) mass is 199 g/mol. The first-order valence-corrected chi connectivity index (χ1v) is 5.85. The second kappa shape index (κ2) is 5.75. The van der Waals surface area contributed by atoms with Crippen LogP contribution in [0.25, 0.3) is 0 Å². The fraction of sp³-hybridized carbons (Fsp3) is 1.00. The Hall–Kier alpha value is -0.0400. The minimum atomic E-state index is 0. The Morgan fingerprint density at radius 1 is 1.14 bits per heavy atom. The van der Waals surface area contributed by atoms with Crippen LogP contribution in [0, 0.1) is 5.92 Å². The lowest BCUT2D eigenvalue weighted by Crippen LogP contribution is -2.43. The molecule has 0 aromatic heterocycles. The molecule has 1 heterocycles. The molecule has 1 aliphatic heterocycles. The molecule has 0 N–H and O–H groups in total. The Bertz CT molecular complexity index is 151. The molecular formula is C13H29N. The molecule has 1 heteroatoms. The Kier molecular flexibility index (Phi) is 5.73. The zero-order valence-corrected chi connectivity index (χ0v) is 9.88. The van der Waals surface area contributed by atoms with E-state index in [0.717, 1.165) is 24.0 Å². The van der Waals surface area contributed by atoms with Gasteiger partial charge < -0.3 is 0 Å². The van der Waals surface area contributed by atoms with Gasteiger partial charge in [0.05, 0.1) is 0 Å². The molecule has 0 saturated carbocycles. The van der Waals surface area contributed by atoms with E-state index in [4.69, 9.17) is 0 Å². The van der Waals surface area contributed by atoms with Gasteiger partial charge in [-0.2, -0.15) is 0 Å². The minimum Gasteiger partial charge on any atom is -0.295 e. The maximum Gasteiger partial charge on any atom is 0.0124 e. The van der Waals surface area contributed by atoms with Crippen LogP contribution < -0.4 is 0 Å². The molecule has 0 radical (unpaired) electrons. The maximum atomic E-state index is 2.74. The molecule has 1 unspecified atom stereocenters. The number of hydrogen-bond donors (Lipinski definition) is 0. The van der Waals surface area contributed by atoms with Crippen LogP contribution in [0.4, 0.5) is 0 Å². The zero-order valence-electron chi connectivity index (χ0n) is 9.88. The molecular weight excluding hydrogens is 170 g/mol.